The van der Waals surface area contributed by atoms with Crippen molar-refractivity contribution >= 4 is 11.6 Å². The minimum atomic E-state index is -0.206. The summed E-state index contributed by atoms with van der Waals surface area (Å²) < 4.78 is 18.9. The maximum Gasteiger partial charge on any atom is 0.123 e. The zero-order valence-corrected chi connectivity index (χ0v) is 11.7. The molecule has 2 nitrogen and oxygen atoms in total. The molecule has 1 aliphatic heterocycles. The van der Waals surface area contributed by atoms with Crippen molar-refractivity contribution in [3.8, 4) is 5.75 Å². The van der Waals surface area contributed by atoms with Crippen LogP contribution in [0.1, 0.15) is 11.1 Å². The monoisotopic (exact) mass is 291 g/mol. The van der Waals surface area contributed by atoms with Crippen LogP contribution in [0.15, 0.2) is 42.5 Å². The van der Waals surface area contributed by atoms with E-state index in [2.05, 4.69) is 5.32 Å². The topological polar surface area (TPSA) is 21.3 Å². The fraction of sp³-hybridized carbons (Fsp3) is 0.250. The maximum absolute atomic E-state index is 13.1. The largest absolute Gasteiger partial charge is 0.488 e. The smallest absolute Gasteiger partial charge is 0.123 e. The maximum atomic E-state index is 13.1. The average molecular weight is 292 g/mol. The van der Waals surface area contributed by atoms with Crippen molar-refractivity contribution in [3.63, 3.8) is 0 Å². The SMILES string of the molecule is Fc1ccc2c(c1)CC(CNCc1ccc(Cl)cc1)O2. The van der Waals surface area contributed by atoms with Gasteiger partial charge in [-0.05, 0) is 35.9 Å². The van der Waals surface area contributed by atoms with Crippen LogP contribution in [0.3, 0.4) is 0 Å². The Hall–Kier alpha value is -1.58. The third-order valence-corrected chi connectivity index (χ3v) is 3.63. The number of ether oxygens (including phenoxy) is 1. The molecule has 0 spiro atoms. The van der Waals surface area contributed by atoms with Gasteiger partial charge in [0.1, 0.15) is 17.7 Å². The highest BCUT2D eigenvalue weighted by Gasteiger charge is 2.22. The standard InChI is InChI=1S/C16H15ClFNO/c17-13-3-1-11(2-4-13)9-19-10-15-8-12-7-14(18)5-6-16(12)20-15/h1-7,15,19H,8-10H2. The van der Waals surface area contributed by atoms with Crippen LogP contribution >= 0.6 is 11.6 Å². The Bertz CT molecular complexity index is 600. The first kappa shape index (κ1) is 13.4. The molecule has 0 saturated heterocycles. The zero-order valence-electron chi connectivity index (χ0n) is 10.9. The summed E-state index contributed by atoms with van der Waals surface area (Å²) in [5.74, 6) is 0.590. The van der Waals surface area contributed by atoms with E-state index in [0.29, 0.717) is 0 Å². The lowest BCUT2D eigenvalue weighted by Gasteiger charge is -2.12. The Labute approximate surface area is 122 Å². The molecule has 0 fully saturated rings. The molecule has 0 aromatic heterocycles. The van der Waals surface area contributed by atoms with Crippen LogP contribution in [0.2, 0.25) is 5.02 Å². The van der Waals surface area contributed by atoms with Crippen LogP contribution in [-0.2, 0) is 13.0 Å². The minimum Gasteiger partial charge on any atom is -0.488 e. The zero-order chi connectivity index (χ0) is 13.9. The lowest BCUT2D eigenvalue weighted by Crippen LogP contribution is -2.29. The summed E-state index contributed by atoms with van der Waals surface area (Å²) >= 11 is 5.84. The number of halogens is 2. The van der Waals surface area contributed by atoms with E-state index in [0.717, 1.165) is 35.8 Å². The second-order valence-corrected chi connectivity index (χ2v) is 5.39. The van der Waals surface area contributed by atoms with Gasteiger partial charge in [-0.1, -0.05) is 23.7 Å². The first-order valence-corrected chi connectivity index (χ1v) is 6.99. The predicted molar refractivity (Wildman–Crippen MR) is 77.7 cm³/mol. The van der Waals surface area contributed by atoms with Crippen molar-refractivity contribution in [2.75, 3.05) is 6.54 Å². The van der Waals surface area contributed by atoms with Gasteiger partial charge in [-0.25, -0.2) is 4.39 Å². The molecule has 1 unspecified atom stereocenters. The van der Waals surface area contributed by atoms with Crippen molar-refractivity contribution in [3.05, 3.63) is 64.4 Å². The molecule has 2 aromatic rings. The third kappa shape index (κ3) is 3.11. The van der Waals surface area contributed by atoms with E-state index in [-0.39, 0.29) is 11.9 Å². The summed E-state index contributed by atoms with van der Waals surface area (Å²) in [5, 5.41) is 4.09. The Morgan fingerprint density at radius 1 is 1.20 bits per heavy atom. The number of hydrogen-bond acceptors (Lipinski definition) is 2. The number of benzene rings is 2. The van der Waals surface area contributed by atoms with Crippen LogP contribution in [-0.4, -0.2) is 12.6 Å². The van der Waals surface area contributed by atoms with E-state index in [1.54, 1.807) is 12.1 Å². The highest BCUT2D eigenvalue weighted by atomic mass is 35.5. The van der Waals surface area contributed by atoms with Crippen molar-refractivity contribution in [1.29, 1.82) is 0 Å². The molecule has 0 saturated carbocycles. The second kappa shape index (κ2) is 5.81. The molecule has 1 heterocycles. The summed E-state index contributed by atoms with van der Waals surface area (Å²) in [6.07, 6.45) is 0.819. The number of rotatable bonds is 4. The molecular weight excluding hydrogens is 277 g/mol. The fourth-order valence-electron chi connectivity index (χ4n) is 2.38. The van der Waals surface area contributed by atoms with E-state index in [1.165, 1.54) is 11.6 Å². The van der Waals surface area contributed by atoms with Gasteiger partial charge in [0.15, 0.2) is 0 Å². The van der Waals surface area contributed by atoms with Gasteiger partial charge in [0.05, 0.1) is 0 Å². The molecular formula is C16H15ClFNO. The molecule has 20 heavy (non-hydrogen) atoms. The van der Waals surface area contributed by atoms with E-state index in [1.807, 2.05) is 24.3 Å². The molecule has 104 valence electrons. The molecule has 0 aliphatic carbocycles. The van der Waals surface area contributed by atoms with E-state index < -0.39 is 0 Å². The van der Waals surface area contributed by atoms with Gasteiger partial charge in [0.2, 0.25) is 0 Å². The third-order valence-electron chi connectivity index (χ3n) is 3.38. The van der Waals surface area contributed by atoms with Crippen molar-refractivity contribution in [2.24, 2.45) is 0 Å². The quantitative estimate of drug-likeness (QED) is 0.930. The molecule has 0 amide bonds. The van der Waals surface area contributed by atoms with Crippen LogP contribution < -0.4 is 10.1 Å². The lowest BCUT2D eigenvalue weighted by atomic mass is 10.1. The minimum absolute atomic E-state index is 0.0686. The highest BCUT2D eigenvalue weighted by molar-refractivity contribution is 6.30. The summed E-state index contributed by atoms with van der Waals surface area (Å²) in [4.78, 5) is 0. The number of fused-ring (bicyclic) bond motifs is 1. The predicted octanol–water partition coefficient (Wildman–Crippen LogP) is 3.57. The Kier molecular flexibility index (Phi) is 3.90. The van der Waals surface area contributed by atoms with Gasteiger partial charge in [-0.15, -0.1) is 0 Å². The molecule has 1 N–H and O–H groups in total. The van der Waals surface area contributed by atoms with E-state index >= 15 is 0 Å². The Morgan fingerprint density at radius 3 is 2.80 bits per heavy atom. The van der Waals surface area contributed by atoms with Crippen LogP contribution in [0.5, 0.6) is 5.75 Å². The molecule has 1 atom stereocenters. The normalized spacial score (nSPS) is 16.8. The van der Waals surface area contributed by atoms with Gasteiger partial charge >= 0.3 is 0 Å². The highest BCUT2D eigenvalue weighted by Crippen LogP contribution is 2.28. The second-order valence-electron chi connectivity index (χ2n) is 4.95. The molecule has 4 heteroatoms. The van der Waals surface area contributed by atoms with Crippen LogP contribution in [0, 0.1) is 5.82 Å². The van der Waals surface area contributed by atoms with Gasteiger partial charge < -0.3 is 10.1 Å². The number of nitrogens with one attached hydrogen (secondary N) is 1. The van der Waals surface area contributed by atoms with Crippen LogP contribution in [0.25, 0.3) is 0 Å². The lowest BCUT2D eigenvalue weighted by molar-refractivity contribution is 0.227. The fourth-order valence-corrected chi connectivity index (χ4v) is 2.51. The first-order chi connectivity index (χ1) is 9.70. The molecule has 3 rings (SSSR count). The van der Waals surface area contributed by atoms with Gasteiger partial charge in [-0.2, -0.15) is 0 Å². The summed E-state index contributed by atoms with van der Waals surface area (Å²) in [7, 11) is 0. The van der Waals surface area contributed by atoms with E-state index in [9.17, 15) is 4.39 Å². The molecule has 2 aromatic carbocycles. The van der Waals surface area contributed by atoms with Crippen LogP contribution in [0.4, 0.5) is 4.39 Å². The summed E-state index contributed by atoms with van der Waals surface area (Å²) in [6.45, 7) is 1.50. The Balaban J connectivity index is 1.50. The molecule has 1 aliphatic rings. The Morgan fingerprint density at radius 2 is 2.00 bits per heavy atom. The first-order valence-electron chi connectivity index (χ1n) is 6.61. The molecule has 0 radical (unpaired) electrons. The van der Waals surface area contributed by atoms with Gasteiger partial charge in [0.25, 0.3) is 0 Å². The number of hydrogen-bond donors (Lipinski definition) is 1. The van der Waals surface area contributed by atoms with Gasteiger partial charge in [0, 0.05) is 30.1 Å². The molecule has 0 bridgehead atoms. The van der Waals surface area contributed by atoms with Crippen molar-refractivity contribution in [1.82, 2.24) is 5.32 Å². The van der Waals surface area contributed by atoms with Crippen molar-refractivity contribution < 1.29 is 9.13 Å². The average Bonchev–Trinajstić information content (AvgIpc) is 2.83. The van der Waals surface area contributed by atoms with Crippen molar-refractivity contribution in [2.45, 2.75) is 19.1 Å². The summed E-state index contributed by atoms with van der Waals surface area (Å²) in [5.41, 5.74) is 2.12. The van der Waals surface area contributed by atoms with E-state index in [4.69, 9.17) is 16.3 Å². The summed E-state index contributed by atoms with van der Waals surface area (Å²) in [6, 6.07) is 12.4. The van der Waals surface area contributed by atoms with Gasteiger partial charge in [-0.3, -0.25) is 0 Å².